The number of aromatic nitrogens is 7. The van der Waals surface area contributed by atoms with Crippen molar-refractivity contribution in [3.63, 3.8) is 0 Å². The van der Waals surface area contributed by atoms with E-state index in [-0.39, 0.29) is 0 Å². The normalized spacial score (nSPS) is 11.2. The van der Waals surface area contributed by atoms with E-state index in [1.807, 2.05) is 18.2 Å². The molecule has 0 atom stereocenters. The molecule has 0 saturated carbocycles. The first-order valence-electron chi connectivity index (χ1n) is 11.1. The second-order valence-corrected chi connectivity index (χ2v) is 7.80. The third kappa shape index (κ3) is 5.05. The molecule has 4 rings (SSSR count). The summed E-state index contributed by atoms with van der Waals surface area (Å²) in [6.45, 7) is 5.15. The zero-order chi connectivity index (χ0) is 21.5. The van der Waals surface area contributed by atoms with Gasteiger partial charge in [0.15, 0.2) is 11.6 Å². The number of tetrazole rings is 1. The van der Waals surface area contributed by atoms with E-state index in [9.17, 15) is 0 Å². The molecule has 1 N–H and O–H groups in total. The summed E-state index contributed by atoms with van der Waals surface area (Å²) in [5.74, 6) is 2.73. The number of unbranched alkanes of at least 4 members (excludes halogenated alkanes) is 2. The van der Waals surface area contributed by atoms with Crippen molar-refractivity contribution in [2.24, 2.45) is 0 Å². The zero-order valence-corrected chi connectivity index (χ0v) is 18.3. The Morgan fingerprint density at radius 3 is 2.39 bits per heavy atom. The van der Waals surface area contributed by atoms with Crippen LogP contribution in [0.4, 0.5) is 0 Å². The van der Waals surface area contributed by atoms with E-state index < -0.39 is 0 Å². The lowest BCUT2D eigenvalue weighted by Crippen LogP contribution is -2.07. The summed E-state index contributed by atoms with van der Waals surface area (Å²) in [4.78, 5) is 4.80. The highest BCUT2D eigenvalue weighted by Gasteiger charge is 2.12. The number of rotatable bonds is 10. The molecule has 4 aromatic rings. The molecule has 0 bridgehead atoms. The van der Waals surface area contributed by atoms with Crippen molar-refractivity contribution in [1.29, 1.82) is 0 Å². The first-order valence-corrected chi connectivity index (χ1v) is 11.1. The van der Waals surface area contributed by atoms with Crippen LogP contribution < -0.4 is 0 Å². The highest BCUT2D eigenvalue weighted by atomic mass is 15.5. The summed E-state index contributed by atoms with van der Waals surface area (Å²) >= 11 is 0. The summed E-state index contributed by atoms with van der Waals surface area (Å²) < 4.78 is 2.08. The van der Waals surface area contributed by atoms with E-state index in [0.717, 1.165) is 60.6 Å². The zero-order valence-electron chi connectivity index (χ0n) is 18.3. The molecule has 0 aliphatic carbocycles. The summed E-state index contributed by atoms with van der Waals surface area (Å²) in [7, 11) is 0. The molecule has 0 aliphatic rings. The van der Waals surface area contributed by atoms with Crippen molar-refractivity contribution >= 4 is 0 Å². The van der Waals surface area contributed by atoms with Crippen LogP contribution in [-0.4, -0.2) is 35.4 Å². The Bertz CT molecular complexity index is 1080. The van der Waals surface area contributed by atoms with Crippen LogP contribution in [0.2, 0.25) is 0 Å². The van der Waals surface area contributed by atoms with Gasteiger partial charge in [0.1, 0.15) is 5.82 Å². The van der Waals surface area contributed by atoms with Crippen molar-refractivity contribution in [2.45, 2.75) is 58.9 Å². The molecular weight excluding hydrogens is 386 g/mol. The van der Waals surface area contributed by atoms with Crippen LogP contribution in [0.3, 0.4) is 0 Å². The number of hydrogen-bond donors (Lipinski definition) is 1. The summed E-state index contributed by atoms with van der Waals surface area (Å²) in [5.41, 5.74) is 4.42. The van der Waals surface area contributed by atoms with Gasteiger partial charge in [-0.05, 0) is 40.0 Å². The van der Waals surface area contributed by atoms with Crippen molar-refractivity contribution in [3.05, 3.63) is 65.7 Å². The van der Waals surface area contributed by atoms with Crippen LogP contribution in [-0.2, 0) is 19.4 Å². The van der Waals surface area contributed by atoms with Crippen molar-refractivity contribution in [3.8, 4) is 22.5 Å². The Morgan fingerprint density at radius 2 is 1.68 bits per heavy atom. The Morgan fingerprint density at radius 1 is 0.871 bits per heavy atom. The first-order chi connectivity index (χ1) is 15.3. The van der Waals surface area contributed by atoms with Crippen molar-refractivity contribution < 1.29 is 0 Å². The lowest BCUT2D eigenvalue weighted by atomic mass is 9.98. The monoisotopic (exact) mass is 415 g/mol. The van der Waals surface area contributed by atoms with Crippen LogP contribution in [0.15, 0.2) is 48.5 Å². The van der Waals surface area contributed by atoms with Gasteiger partial charge in [0, 0.05) is 18.4 Å². The molecule has 7 nitrogen and oxygen atoms in total. The smallest absolute Gasteiger partial charge is 0.180 e. The molecule has 160 valence electrons. The minimum Gasteiger partial charge on any atom is -0.245 e. The van der Waals surface area contributed by atoms with Crippen LogP contribution in [0.1, 0.15) is 56.7 Å². The van der Waals surface area contributed by atoms with Gasteiger partial charge in [0.25, 0.3) is 0 Å². The topological polar surface area (TPSA) is 85.2 Å². The molecule has 0 spiro atoms. The fraction of sp³-hybridized carbons (Fsp3) is 0.375. The predicted molar refractivity (Wildman–Crippen MR) is 121 cm³/mol. The van der Waals surface area contributed by atoms with Crippen molar-refractivity contribution in [2.75, 3.05) is 0 Å². The SMILES string of the molecule is CCCCCc1nc(CCC)n(Cc2ccc(-c3ccccc3-c3nnn[nH]3)cc2)n1. The van der Waals surface area contributed by atoms with Crippen molar-refractivity contribution in [1.82, 2.24) is 35.4 Å². The average Bonchev–Trinajstić information content (AvgIpc) is 3.46. The fourth-order valence-corrected chi connectivity index (χ4v) is 3.78. The number of aryl methyl sites for hydroxylation is 2. The number of nitrogens with one attached hydrogen (secondary N) is 1. The quantitative estimate of drug-likeness (QED) is 0.374. The molecule has 0 unspecified atom stereocenters. The number of hydrogen-bond acceptors (Lipinski definition) is 5. The minimum atomic E-state index is 0.669. The van der Waals surface area contributed by atoms with Gasteiger partial charge in [-0.3, -0.25) is 0 Å². The van der Waals surface area contributed by atoms with Crippen LogP contribution in [0.5, 0.6) is 0 Å². The molecule has 2 aromatic carbocycles. The molecule has 0 aliphatic heterocycles. The van der Waals surface area contributed by atoms with Gasteiger partial charge >= 0.3 is 0 Å². The number of nitrogens with zero attached hydrogens (tertiary/aromatic N) is 6. The fourth-order valence-electron chi connectivity index (χ4n) is 3.78. The van der Waals surface area contributed by atoms with E-state index in [1.54, 1.807) is 0 Å². The van der Waals surface area contributed by atoms with Crippen LogP contribution in [0, 0.1) is 0 Å². The van der Waals surface area contributed by atoms with Gasteiger partial charge in [-0.1, -0.05) is 75.2 Å². The van der Waals surface area contributed by atoms with Gasteiger partial charge in [-0.25, -0.2) is 14.8 Å². The number of benzene rings is 2. The molecule has 31 heavy (non-hydrogen) atoms. The van der Waals surface area contributed by atoms with E-state index in [1.165, 1.54) is 18.4 Å². The summed E-state index contributed by atoms with van der Waals surface area (Å²) in [6.07, 6.45) is 6.58. The van der Waals surface area contributed by atoms with Gasteiger partial charge in [0.05, 0.1) is 6.54 Å². The standard InChI is InChI=1S/C24H29N7/c1-3-5-6-12-22-25-23(9-4-2)31(28-22)17-18-13-15-19(16-14-18)20-10-7-8-11-21(20)24-26-29-30-27-24/h7-8,10-11,13-16H,3-6,9,12,17H2,1-2H3,(H,26,27,29,30). The molecule has 7 heteroatoms. The Kier molecular flexibility index (Phi) is 6.82. The second-order valence-electron chi connectivity index (χ2n) is 7.80. The maximum absolute atomic E-state index is 4.80. The van der Waals surface area contributed by atoms with Gasteiger partial charge < -0.3 is 0 Å². The minimum absolute atomic E-state index is 0.669. The number of H-pyrrole nitrogens is 1. The van der Waals surface area contributed by atoms with Gasteiger partial charge in [-0.15, -0.1) is 5.10 Å². The summed E-state index contributed by atoms with van der Waals surface area (Å²) in [5, 5.41) is 19.1. The van der Waals surface area contributed by atoms with E-state index in [0.29, 0.717) is 5.82 Å². The van der Waals surface area contributed by atoms with Crippen LogP contribution in [0.25, 0.3) is 22.5 Å². The summed E-state index contributed by atoms with van der Waals surface area (Å²) in [6, 6.07) is 16.8. The lowest BCUT2D eigenvalue weighted by molar-refractivity contribution is 0.618. The highest BCUT2D eigenvalue weighted by Crippen LogP contribution is 2.29. The van der Waals surface area contributed by atoms with E-state index in [4.69, 9.17) is 10.1 Å². The van der Waals surface area contributed by atoms with Gasteiger partial charge in [-0.2, -0.15) is 5.10 Å². The largest absolute Gasteiger partial charge is 0.245 e. The highest BCUT2D eigenvalue weighted by molar-refractivity contribution is 5.80. The third-order valence-corrected chi connectivity index (χ3v) is 5.39. The van der Waals surface area contributed by atoms with Crippen LogP contribution >= 0.6 is 0 Å². The molecule has 0 amide bonds. The Hall–Kier alpha value is -3.35. The average molecular weight is 416 g/mol. The van der Waals surface area contributed by atoms with Gasteiger partial charge in [0.2, 0.25) is 0 Å². The Balaban J connectivity index is 1.53. The lowest BCUT2D eigenvalue weighted by Gasteiger charge is -2.09. The molecule has 0 fully saturated rings. The van der Waals surface area contributed by atoms with E-state index in [2.05, 4.69) is 69.5 Å². The Labute approximate surface area is 182 Å². The third-order valence-electron chi connectivity index (χ3n) is 5.39. The first kappa shape index (κ1) is 20.9. The maximum atomic E-state index is 4.80. The maximum Gasteiger partial charge on any atom is 0.180 e. The molecular formula is C24H29N7. The molecule has 0 radical (unpaired) electrons. The molecule has 2 heterocycles. The molecule has 0 saturated heterocycles. The van der Waals surface area contributed by atoms with E-state index >= 15 is 0 Å². The second kappa shape index (κ2) is 10.1. The number of aromatic amines is 1. The molecule has 2 aromatic heterocycles. The predicted octanol–water partition coefficient (Wildman–Crippen LogP) is 4.86.